The predicted molar refractivity (Wildman–Crippen MR) is 150 cm³/mol. The molecule has 198 valence electrons. The minimum Gasteiger partial charge on any atom is -0.327 e. The zero-order chi connectivity index (χ0) is 26.2. The van der Waals surface area contributed by atoms with Crippen molar-refractivity contribution in [2.45, 2.75) is 58.0 Å². The summed E-state index contributed by atoms with van der Waals surface area (Å²) in [6.45, 7) is 7.37. The van der Waals surface area contributed by atoms with E-state index in [4.69, 9.17) is 4.98 Å². The van der Waals surface area contributed by atoms with Gasteiger partial charge in [0, 0.05) is 49.4 Å². The van der Waals surface area contributed by atoms with Gasteiger partial charge in [-0.25, -0.2) is 9.97 Å². The third-order valence-corrected chi connectivity index (χ3v) is 9.06. The summed E-state index contributed by atoms with van der Waals surface area (Å²) in [5.74, 6) is -0.776. The second-order valence-corrected chi connectivity index (χ2v) is 12.0. The number of anilines is 1. The van der Waals surface area contributed by atoms with Crippen LogP contribution in [0.1, 0.15) is 56.1 Å². The molecule has 2 fully saturated rings. The first-order valence-electron chi connectivity index (χ1n) is 13.6. The Labute approximate surface area is 226 Å². The smallest absolute Gasteiger partial charge is 0.313 e. The van der Waals surface area contributed by atoms with Crippen molar-refractivity contribution in [1.82, 2.24) is 24.2 Å². The number of hydrogen-bond acceptors (Lipinski definition) is 6. The maximum Gasteiger partial charge on any atom is 0.313 e. The Morgan fingerprint density at radius 3 is 2.82 bits per heavy atom. The molecule has 0 saturated carbocycles. The van der Waals surface area contributed by atoms with E-state index in [1.807, 2.05) is 16.8 Å². The lowest BCUT2D eigenvalue weighted by atomic mass is 9.89. The normalized spacial score (nSPS) is 21.3. The third-order valence-electron chi connectivity index (χ3n) is 8.00. The Morgan fingerprint density at radius 1 is 1.13 bits per heavy atom. The van der Waals surface area contributed by atoms with Gasteiger partial charge in [-0.3, -0.25) is 9.59 Å². The Hall–Kier alpha value is -3.30. The van der Waals surface area contributed by atoms with Crippen LogP contribution in [0.2, 0.25) is 0 Å². The molecular weight excluding hydrogens is 496 g/mol. The van der Waals surface area contributed by atoms with Gasteiger partial charge in [0.05, 0.1) is 21.3 Å². The second-order valence-electron chi connectivity index (χ2n) is 10.8. The van der Waals surface area contributed by atoms with Crippen molar-refractivity contribution in [3.8, 4) is 0 Å². The summed E-state index contributed by atoms with van der Waals surface area (Å²) in [7, 11) is 0. The minimum absolute atomic E-state index is 0.141. The first-order valence-corrected chi connectivity index (χ1v) is 14.4. The average molecular weight is 531 g/mol. The van der Waals surface area contributed by atoms with Gasteiger partial charge in [-0.05, 0) is 75.4 Å². The number of thiazole rings is 1. The number of likely N-dealkylation sites (tertiary alicyclic amines) is 2. The van der Waals surface area contributed by atoms with Gasteiger partial charge in [-0.15, -0.1) is 11.3 Å². The van der Waals surface area contributed by atoms with E-state index in [9.17, 15) is 9.59 Å². The Kier molecular flexibility index (Phi) is 6.88. The topological polar surface area (TPSA) is 82.8 Å². The highest BCUT2D eigenvalue weighted by molar-refractivity contribution is 7.18. The second kappa shape index (κ2) is 10.5. The Morgan fingerprint density at radius 2 is 1.97 bits per heavy atom. The number of nitrogens with one attached hydrogen (secondary N) is 1. The maximum absolute atomic E-state index is 13.4. The van der Waals surface area contributed by atoms with Crippen molar-refractivity contribution < 1.29 is 9.59 Å². The minimum atomic E-state index is -0.618. The number of pyridine rings is 1. The summed E-state index contributed by atoms with van der Waals surface area (Å²) in [5.41, 5.74) is 3.31. The molecule has 1 aromatic carbocycles. The molecule has 1 N–H and O–H groups in total. The standard InChI is InChI=1S/C29H34N6O2S/c1-19-5-7-24(35(18-19)29(37)28(36)31-22-9-13-34-14-10-30-26(34)17-22)21-6-8-25-23(16-21)32-27(38-25)15-20(2)33-11-3-4-12-33/h6,8-10,13-14,16-17,19-20,24H,3-5,7,11-12,15,18H2,1-2H3,(H,31,36)/t19-,20+,24+/m0/s1. The SMILES string of the molecule is C[C@H]1CC[C@H](c2ccc3sc(C[C@@H](C)N4CCCC4)nc3c2)N(C(=O)C(=O)Nc2ccn3ccnc3c2)C1. The van der Waals surface area contributed by atoms with Crippen LogP contribution in [0, 0.1) is 5.92 Å². The van der Waals surface area contributed by atoms with Crippen LogP contribution >= 0.6 is 11.3 Å². The van der Waals surface area contributed by atoms with Gasteiger partial charge >= 0.3 is 11.8 Å². The van der Waals surface area contributed by atoms with Crippen LogP contribution in [0.4, 0.5) is 5.69 Å². The fourth-order valence-electron chi connectivity index (χ4n) is 5.88. The number of carbonyl (C=O) groups is 2. The summed E-state index contributed by atoms with van der Waals surface area (Å²) >= 11 is 1.77. The summed E-state index contributed by atoms with van der Waals surface area (Å²) in [4.78, 5) is 40.0. The quantitative estimate of drug-likeness (QED) is 0.371. The molecule has 4 aromatic rings. The largest absolute Gasteiger partial charge is 0.327 e. The summed E-state index contributed by atoms with van der Waals surface area (Å²) in [6.07, 6.45) is 10.7. The molecule has 5 heterocycles. The number of imidazole rings is 1. The molecule has 0 spiro atoms. The number of hydrogen-bond donors (Lipinski definition) is 1. The van der Waals surface area contributed by atoms with Crippen LogP contribution < -0.4 is 5.32 Å². The molecule has 0 aliphatic carbocycles. The molecule has 0 bridgehead atoms. The van der Waals surface area contributed by atoms with Crippen LogP contribution in [-0.4, -0.2) is 61.7 Å². The van der Waals surface area contributed by atoms with Gasteiger partial charge in [-0.1, -0.05) is 13.0 Å². The number of amides is 2. The van der Waals surface area contributed by atoms with Crippen molar-refractivity contribution >= 4 is 44.7 Å². The first kappa shape index (κ1) is 25.0. The van der Waals surface area contributed by atoms with E-state index < -0.39 is 11.8 Å². The highest BCUT2D eigenvalue weighted by atomic mass is 32.1. The molecule has 0 unspecified atom stereocenters. The van der Waals surface area contributed by atoms with Crippen molar-refractivity contribution in [1.29, 1.82) is 0 Å². The zero-order valence-corrected chi connectivity index (χ0v) is 22.8. The van der Waals surface area contributed by atoms with Crippen LogP contribution in [-0.2, 0) is 16.0 Å². The van der Waals surface area contributed by atoms with Crippen LogP contribution in [0.3, 0.4) is 0 Å². The zero-order valence-electron chi connectivity index (χ0n) is 22.0. The molecule has 2 amide bonds. The first-order chi connectivity index (χ1) is 18.4. The molecular formula is C29H34N6O2S. The van der Waals surface area contributed by atoms with Crippen LogP contribution in [0.15, 0.2) is 48.9 Å². The van der Waals surface area contributed by atoms with Crippen molar-refractivity contribution in [2.24, 2.45) is 5.92 Å². The Bertz CT molecular complexity index is 1470. The van der Waals surface area contributed by atoms with Gasteiger partial charge in [0.1, 0.15) is 5.65 Å². The number of rotatable bonds is 5. The lowest BCUT2D eigenvalue weighted by Crippen LogP contribution is -2.46. The third kappa shape index (κ3) is 5.05. The average Bonchev–Trinajstić information content (AvgIpc) is 3.68. The predicted octanol–water partition coefficient (Wildman–Crippen LogP) is 4.91. The van der Waals surface area contributed by atoms with E-state index in [2.05, 4.69) is 47.2 Å². The molecule has 3 atom stereocenters. The maximum atomic E-state index is 13.4. The number of benzene rings is 1. The van der Waals surface area contributed by atoms with Crippen molar-refractivity contribution in [3.63, 3.8) is 0 Å². The number of nitrogens with zero attached hydrogens (tertiary/aromatic N) is 5. The Balaban J connectivity index is 1.20. The lowest BCUT2D eigenvalue weighted by molar-refractivity contribution is -0.146. The monoisotopic (exact) mass is 530 g/mol. The van der Waals surface area contributed by atoms with E-state index >= 15 is 0 Å². The van der Waals surface area contributed by atoms with E-state index in [1.165, 1.54) is 30.6 Å². The highest BCUT2D eigenvalue weighted by Gasteiger charge is 2.34. The molecule has 2 aliphatic heterocycles. The fourth-order valence-corrected chi connectivity index (χ4v) is 6.95. The number of carbonyl (C=O) groups excluding carboxylic acids is 2. The molecule has 9 heteroatoms. The summed E-state index contributed by atoms with van der Waals surface area (Å²) < 4.78 is 3.03. The molecule has 0 radical (unpaired) electrons. The van der Waals surface area contributed by atoms with E-state index in [0.29, 0.717) is 29.8 Å². The van der Waals surface area contributed by atoms with Gasteiger partial charge < -0.3 is 19.5 Å². The number of piperidine rings is 1. The van der Waals surface area contributed by atoms with Gasteiger partial charge in [-0.2, -0.15) is 0 Å². The molecule has 6 rings (SSSR count). The van der Waals surface area contributed by atoms with Gasteiger partial charge in [0.2, 0.25) is 0 Å². The highest BCUT2D eigenvalue weighted by Crippen LogP contribution is 2.36. The number of fused-ring (bicyclic) bond motifs is 2. The molecule has 38 heavy (non-hydrogen) atoms. The van der Waals surface area contributed by atoms with Gasteiger partial charge in [0.15, 0.2) is 0 Å². The summed E-state index contributed by atoms with van der Waals surface area (Å²) in [6, 6.07) is 10.3. The van der Waals surface area contributed by atoms with E-state index in [-0.39, 0.29) is 6.04 Å². The van der Waals surface area contributed by atoms with Crippen molar-refractivity contribution in [3.05, 3.63) is 59.5 Å². The molecule has 3 aromatic heterocycles. The molecule has 2 aliphatic rings. The number of aromatic nitrogens is 3. The van der Waals surface area contributed by atoms with Gasteiger partial charge in [0.25, 0.3) is 0 Å². The van der Waals surface area contributed by atoms with Crippen molar-refractivity contribution in [2.75, 3.05) is 25.0 Å². The molecule has 2 saturated heterocycles. The lowest BCUT2D eigenvalue weighted by Gasteiger charge is -2.38. The van der Waals surface area contributed by atoms with Crippen LogP contribution in [0.25, 0.3) is 15.9 Å². The fraction of sp³-hybridized carbons (Fsp3) is 0.448. The molecule has 8 nitrogen and oxygen atoms in total. The summed E-state index contributed by atoms with van der Waals surface area (Å²) in [5, 5.41) is 3.95. The van der Waals surface area contributed by atoms with Crippen LogP contribution in [0.5, 0.6) is 0 Å². The van der Waals surface area contributed by atoms with E-state index in [1.54, 1.807) is 34.6 Å². The van der Waals surface area contributed by atoms with E-state index in [0.717, 1.165) is 35.4 Å².